The molecule has 2 aromatic rings. The van der Waals surface area contributed by atoms with Gasteiger partial charge in [-0.1, -0.05) is 24.3 Å². The molecule has 2 heterocycles. The van der Waals surface area contributed by atoms with Crippen LogP contribution in [0.5, 0.6) is 0 Å². The molecule has 9 heteroatoms. The van der Waals surface area contributed by atoms with Crippen LogP contribution in [0.2, 0.25) is 0 Å². The number of likely N-dealkylation sites (tertiary alicyclic amines) is 1. The van der Waals surface area contributed by atoms with E-state index in [-0.39, 0.29) is 29.0 Å². The van der Waals surface area contributed by atoms with Gasteiger partial charge in [0, 0.05) is 44.4 Å². The summed E-state index contributed by atoms with van der Waals surface area (Å²) in [6.45, 7) is 4.22. The molecule has 2 fully saturated rings. The van der Waals surface area contributed by atoms with Gasteiger partial charge >= 0.3 is 0 Å². The summed E-state index contributed by atoms with van der Waals surface area (Å²) in [6.07, 6.45) is 3.82. The van der Waals surface area contributed by atoms with Crippen LogP contribution in [0.4, 0.5) is 11.4 Å². The van der Waals surface area contributed by atoms with E-state index >= 15 is 0 Å². The quantitative estimate of drug-likeness (QED) is 0.457. The van der Waals surface area contributed by atoms with Crippen molar-refractivity contribution in [3.8, 4) is 0 Å². The fourth-order valence-electron chi connectivity index (χ4n) is 4.85. The van der Waals surface area contributed by atoms with Crippen molar-refractivity contribution in [2.24, 2.45) is 11.7 Å². The van der Waals surface area contributed by atoms with Gasteiger partial charge in [0.2, 0.25) is 5.91 Å². The first-order valence-corrected chi connectivity index (χ1v) is 11.8. The molecule has 34 heavy (non-hydrogen) atoms. The maximum Gasteiger partial charge on any atom is 0.293 e. The van der Waals surface area contributed by atoms with Crippen LogP contribution < -0.4 is 16.0 Å². The molecule has 2 aliphatic rings. The van der Waals surface area contributed by atoms with Gasteiger partial charge in [0.25, 0.3) is 11.6 Å². The summed E-state index contributed by atoms with van der Waals surface area (Å²) in [5, 5.41) is 14.5. The number of primary amides is 1. The summed E-state index contributed by atoms with van der Waals surface area (Å²) in [5.41, 5.74) is 8.34. The molecule has 0 radical (unpaired) electrons. The number of nitro benzene ring substituents is 1. The molecule has 4 rings (SSSR count). The zero-order valence-electron chi connectivity index (χ0n) is 19.2. The number of hydrogen-bond acceptors (Lipinski definition) is 6. The van der Waals surface area contributed by atoms with Crippen molar-refractivity contribution in [1.29, 1.82) is 0 Å². The average molecular weight is 466 g/mol. The Morgan fingerprint density at radius 1 is 1.06 bits per heavy atom. The Morgan fingerprint density at radius 3 is 2.56 bits per heavy atom. The number of carbonyl (C=O) groups is 2. The van der Waals surface area contributed by atoms with Crippen LogP contribution in [0.1, 0.15) is 47.2 Å². The molecule has 2 aliphatic heterocycles. The van der Waals surface area contributed by atoms with Crippen LogP contribution in [0.15, 0.2) is 42.5 Å². The summed E-state index contributed by atoms with van der Waals surface area (Å²) < 4.78 is 0. The van der Waals surface area contributed by atoms with Crippen molar-refractivity contribution in [3.05, 3.63) is 69.3 Å². The molecule has 0 aromatic heterocycles. The predicted octanol–water partition coefficient (Wildman–Crippen LogP) is 2.82. The highest BCUT2D eigenvalue weighted by Crippen LogP contribution is 2.31. The normalized spacial score (nSPS) is 18.6. The van der Waals surface area contributed by atoms with Crippen LogP contribution in [0.25, 0.3) is 0 Å². The second-order valence-electron chi connectivity index (χ2n) is 9.13. The zero-order valence-corrected chi connectivity index (χ0v) is 19.2. The Bertz CT molecular complexity index is 1070. The number of rotatable bonds is 8. The van der Waals surface area contributed by atoms with Gasteiger partial charge in [0.1, 0.15) is 5.69 Å². The number of nitrogens with two attached hydrogens (primary N) is 1. The lowest BCUT2D eigenvalue weighted by Crippen LogP contribution is -2.40. The molecular formula is C25H31N5O4. The molecule has 2 aromatic carbocycles. The fraction of sp³-hybridized carbons (Fsp3) is 0.440. The second kappa shape index (κ2) is 10.6. The summed E-state index contributed by atoms with van der Waals surface area (Å²) in [7, 11) is 0. The number of hydrogen-bond donors (Lipinski definition) is 2. The number of amides is 2. The largest absolute Gasteiger partial charge is 0.369 e. The van der Waals surface area contributed by atoms with Gasteiger partial charge in [-0.3, -0.25) is 24.6 Å². The van der Waals surface area contributed by atoms with Crippen molar-refractivity contribution in [3.63, 3.8) is 0 Å². The van der Waals surface area contributed by atoms with Crippen LogP contribution in [-0.2, 0) is 17.9 Å². The van der Waals surface area contributed by atoms with Crippen LogP contribution in [0.3, 0.4) is 0 Å². The number of piperidine rings is 1. The first-order valence-electron chi connectivity index (χ1n) is 11.8. The van der Waals surface area contributed by atoms with Crippen LogP contribution in [0, 0.1) is 16.0 Å². The minimum atomic E-state index is -0.419. The van der Waals surface area contributed by atoms with Gasteiger partial charge in [-0.2, -0.15) is 0 Å². The Balaban J connectivity index is 1.38. The maximum absolute atomic E-state index is 12.7. The number of nitro groups is 1. The molecule has 9 nitrogen and oxygen atoms in total. The van der Waals surface area contributed by atoms with E-state index in [4.69, 9.17) is 5.73 Å². The van der Waals surface area contributed by atoms with E-state index in [1.165, 1.54) is 6.07 Å². The molecule has 0 saturated carbocycles. The predicted molar refractivity (Wildman–Crippen MR) is 129 cm³/mol. The standard InChI is InChI=1S/C25H31N5O4/c26-24(31)21-7-4-10-28(17-21)16-19-6-3-5-18(13-19)15-27-25(32)20-8-9-22(23(14-20)30(33)34)29-11-1-2-12-29/h3,5-6,8-9,13-14,21H,1-2,4,7,10-12,15-17H2,(H2,26,31)(H,27,32). The van der Waals surface area contributed by atoms with Gasteiger partial charge in [-0.05, 0) is 55.5 Å². The number of anilines is 1. The van der Waals surface area contributed by atoms with E-state index in [0.717, 1.165) is 63.0 Å². The average Bonchev–Trinajstić information content (AvgIpc) is 3.37. The van der Waals surface area contributed by atoms with Crippen LogP contribution in [-0.4, -0.2) is 47.8 Å². The minimum Gasteiger partial charge on any atom is -0.369 e. The molecule has 1 atom stereocenters. The van der Waals surface area contributed by atoms with Gasteiger partial charge in [0.15, 0.2) is 0 Å². The van der Waals surface area contributed by atoms with Crippen molar-refractivity contribution >= 4 is 23.2 Å². The lowest BCUT2D eigenvalue weighted by atomic mass is 9.97. The van der Waals surface area contributed by atoms with E-state index < -0.39 is 4.92 Å². The van der Waals surface area contributed by atoms with Gasteiger partial charge in [-0.25, -0.2) is 0 Å². The summed E-state index contributed by atoms with van der Waals surface area (Å²) in [4.78, 5) is 39.7. The maximum atomic E-state index is 12.7. The molecule has 0 bridgehead atoms. The van der Waals surface area contributed by atoms with Gasteiger partial charge in [-0.15, -0.1) is 0 Å². The smallest absolute Gasteiger partial charge is 0.293 e. The summed E-state index contributed by atoms with van der Waals surface area (Å²) >= 11 is 0. The number of nitrogens with zero attached hydrogens (tertiary/aromatic N) is 3. The SMILES string of the molecule is NC(=O)C1CCCN(Cc2cccc(CNC(=O)c3ccc(N4CCCC4)c([N+](=O)[O-])c3)c2)C1. The second-order valence-corrected chi connectivity index (χ2v) is 9.13. The molecule has 2 saturated heterocycles. The first-order chi connectivity index (χ1) is 16.4. The van der Waals surface area contributed by atoms with Crippen molar-refractivity contribution in [2.75, 3.05) is 31.1 Å². The van der Waals surface area contributed by atoms with Crippen molar-refractivity contribution < 1.29 is 14.5 Å². The van der Waals surface area contributed by atoms with E-state index in [1.54, 1.807) is 12.1 Å². The lowest BCUT2D eigenvalue weighted by Gasteiger charge is -2.31. The Labute approximate surface area is 199 Å². The highest BCUT2D eigenvalue weighted by molar-refractivity contribution is 5.95. The van der Waals surface area contributed by atoms with Gasteiger partial charge < -0.3 is 16.0 Å². The van der Waals surface area contributed by atoms with Crippen LogP contribution >= 0.6 is 0 Å². The molecule has 1 unspecified atom stereocenters. The number of nitrogens with one attached hydrogen (secondary N) is 1. The van der Waals surface area contributed by atoms with Gasteiger partial charge in [0.05, 0.1) is 10.8 Å². The fourth-order valence-corrected chi connectivity index (χ4v) is 4.85. The molecule has 3 N–H and O–H groups in total. The highest BCUT2D eigenvalue weighted by atomic mass is 16.6. The van der Waals surface area contributed by atoms with Crippen molar-refractivity contribution in [2.45, 2.75) is 38.8 Å². The van der Waals surface area contributed by atoms with E-state index in [9.17, 15) is 19.7 Å². The third-order valence-corrected chi connectivity index (χ3v) is 6.64. The molecule has 180 valence electrons. The summed E-state index contributed by atoms with van der Waals surface area (Å²) in [5.74, 6) is -0.686. The molecule has 2 amide bonds. The Kier molecular flexibility index (Phi) is 7.42. The minimum absolute atomic E-state index is 0.0349. The number of carbonyl (C=O) groups excluding carboxylic acids is 2. The highest BCUT2D eigenvalue weighted by Gasteiger charge is 2.25. The lowest BCUT2D eigenvalue weighted by molar-refractivity contribution is -0.384. The number of benzene rings is 2. The third kappa shape index (κ3) is 5.72. The van der Waals surface area contributed by atoms with E-state index in [0.29, 0.717) is 18.8 Å². The Morgan fingerprint density at radius 2 is 1.82 bits per heavy atom. The third-order valence-electron chi connectivity index (χ3n) is 6.64. The summed E-state index contributed by atoms with van der Waals surface area (Å²) in [6, 6.07) is 12.6. The zero-order chi connectivity index (χ0) is 24.1. The first kappa shape index (κ1) is 23.7. The van der Waals surface area contributed by atoms with E-state index in [1.807, 2.05) is 29.2 Å². The molecule has 0 spiro atoms. The molecule has 0 aliphatic carbocycles. The topological polar surface area (TPSA) is 122 Å². The molecular weight excluding hydrogens is 434 g/mol. The van der Waals surface area contributed by atoms with Crippen molar-refractivity contribution in [1.82, 2.24) is 10.2 Å². The Hall–Kier alpha value is -3.46. The monoisotopic (exact) mass is 465 g/mol. The van der Waals surface area contributed by atoms with E-state index in [2.05, 4.69) is 10.2 Å².